The average molecular weight is 346 g/mol. The molecule has 0 aliphatic heterocycles. The molecular weight excluding hydrogens is 316 g/mol. The Labute approximate surface area is 150 Å². The van der Waals surface area contributed by atoms with Gasteiger partial charge in [-0.25, -0.2) is 0 Å². The first kappa shape index (κ1) is 17.1. The Hall–Kier alpha value is -1.32. The van der Waals surface area contributed by atoms with Crippen LogP contribution in [0.2, 0.25) is 0 Å². The van der Waals surface area contributed by atoms with Crippen molar-refractivity contribution < 1.29 is 19.1 Å². The van der Waals surface area contributed by atoms with Crippen molar-refractivity contribution in [1.29, 1.82) is 0 Å². The van der Waals surface area contributed by atoms with E-state index in [4.69, 9.17) is 9.47 Å². The molecule has 4 bridgehead atoms. The molecular formula is C21H30O4. The van der Waals surface area contributed by atoms with Gasteiger partial charge in [0.1, 0.15) is 11.7 Å². The van der Waals surface area contributed by atoms with Gasteiger partial charge in [0.25, 0.3) is 0 Å². The maximum atomic E-state index is 12.8. The van der Waals surface area contributed by atoms with Gasteiger partial charge in [0.05, 0.1) is 6.42 Å². The highest BCUT2D eigenvalue weighted by molar-refractivity contribution is 5.72. The van der Waals surface area contributed by atoms with Crippen molar-refractivity contribution in [2.45, 2.75) is 76.9 Å². The first-order valence-electron chi connectivity index (χ1n) is 10.1. The number of hydrogen-bond acceptors (Lipinski definition) is 4. The van der Waals surface area contributed by atoms with Gasteiger partial charge in [-0.3, -0.25) is 9.59 Å². The van der Waals surface area contributed by atoms with E-state index in [1.807, 2.05) is 0 Å². The van der Waals surface area contributed by atoms with E-state index in [1.54, 1.807) is 0 Å². The van der Waals surface area contributed by atoms with Crippen molar-refractivity contribution in [3.8, 4) is 0 Å². The first-order chi connectivity index (χ1) is 12.0. The van der Waals surface area contributed by atoms with Gasteiger partial charge >= 0.3 is 11.9 Å². The topological polar surface area (TPSA) is 52.6 Å². The maximum absolute atomic E-state index is 12.8. The molecule has 7 unspecified atom stereocenters. The largest absolute Gasteiger partial charge is 0.462 e. The van der Waals surface area contributed by atoms with E-state index in [0.717, 1.165) is 31.6 Å². The Bertz CT molecular complexity index is 582. The fourth-order valence-corrected chi connectivity index (χ4v) is 6.20. The smallest absolute Gasteiger partial charge is 0.310 e. The molecule has 7 atom stereocenters. The molecule has 0 amide bonds. The summed E-state index contributed by atoms with van der Waals surface area (Å²) in [4.78, 5) is 24.3. The van der Waals surface area contributed by atoms with E-state index < -0.39 is 0 Å². The molecule has 0 radical (unpaired) electrons. The van der Waals surface area contributed by atoms with Crippen LogP contribution in [-0.2, 0) is 19.1 Å². The molecule has 4 aliphatic rings. The minimum atomic E-state index is -0.336. The Balaban J connectivity index is 1.42. The van der Waals surface area contributed by atoms with Crippen molar-refractivity contribution in [3.63, 3.8) is 0 Å². The molecule has 4 aliphatic carbocycles. The molecule has 3 saturated carbocycles. The molecule has 0 aromatic carbocycles. The van der Waals surface area contributed by atoms with Gasteiger partial charge < -0.3 is 9.47 Å². The number of carbonyl (C=O) groups is 2. The molecule has 4 rings (SSSR count). The Morgan fingerprint density at radius 3 is 2.56 bits per heavy atom. The summed E-state index contributed by atoms with van der Waals surface area (Å²) in [5.74, 6) is 2.11. The van der Waals surface area contributed by atoms with E-state index in [0.29, 0.717) is 17.8 Å². The van der Waals surface area contributed by atoms with Crippen LogP contribution in [0.5, 0.6) is 0 Å². The molecule has 3 fully saturated rings. The zero-order valence-electron chi connectivity index (χ0n) is 15.4. The van der Waals surface area contributed by atoms with Crippen LogP contribution in [-0.4, -0.2) is 23.6 Å². The van der Waals surface area contributed by atoms with E-state index in [-0.39, 0.29) is 36.0 Å². The summed E-state index contributed by atoms with van der Waals surface area (Å²) in [7, 11) is 0. The van der Waals surface area contributed by atoms with Crippen molar-refractivity contribution in [2.24, 2.45) is 29.6 Å². The summed E-state index contributed by atoms with van der Waals surface area (Å²) in [6, 6.07) is 0. The van der Waals surface area contributed by atoms with Gasteiger partial charge in [-0.2, -0.15) is 0 Å². The normalized spacial score (nSPS) is 41.9. The van der Waals surface area contributed by atoms with Crippen LogP contribution in [0.15, 0.2) is 12.2 Å². The van der Waals surface area contributed by atoms with E-state index in [2.05, 4.69) is 19.1 Å². The van der Waals surface area contributed by atoms with Crippen LogP contribution in [0.1, 0.15) is 65.2 Å². The van der Waals surface area contributed by atoms with E-state index >= 15 is 0 Å². The summed E-state index contributed by atoms with van der Waals surface area (Å²) in [5.41, 5.74) is -0.255. The van der Waals surface area contributed by atoms with Gasteiger partial charge in [-0.05, 0) is 68.6 Å². The van der Waals surface area contributed by atoms with Gasteiger partial charge in [0.2, 0.25) is 0 Å². The molecule has 0 N–H and O–H groups in total. The fraction of sp³-hybridized carbons (Fsp3) is 0.810. The van der Waals surface area contributed by atoms with Gasteiger partial charge in [0, 0.05) is 12.8 Å². The minimum Gasteiger partial charge on any atom is -0.462 e. The third-order valence-electron chi connectivity index (χ3n) is 7.33. The lowest BCUT2D eigenvalue weighted by Gasteiger charge is -2.37. The molecule has 0 aromatic rings. The summed E-state index contributed by atoms with van der Waals surface area (Å²) in [5, 5.41) is 0. The highest BCUT2D eigenvalue weighted by atomic mass is 16.6. The Morgan fingerprint density at radius 2 is 2.04 bits per heavy atom. The molecule has 0 saturated heterocycles. The van der Waals surface area contributed by atoms with Crippen LogP contribution in [0, 0.1) is 29.6 Å². The van der Waals surface area contributed by atoms with Crippen LogP contribution >= 0.6 is 0 Å². The van der Waals surface area contributed by atoms with Crippen LogP contribution in [0.3, 0.4) is 0 Å². The fourth-order valence-electron chi connectivity index (χ4n) is 6.20. The lowest BCUT2D eigenvalue weighted by atomic mass is 9.82. The molecule has 25 heavy (non-hydrogen) atoms. The third kappa shape index (κ3) is 3.13. The van der Waals surface area contributed by atoms with Gasteiger partial charge in [-0.1, -0.05) is 19.1 Å². The lowest BCUT2D eigenvalue weighted by Crippen LogP contribution is -2.41. The maximum Gasteiger partial charge on any atom is 0.310 e. The number of carbonyl (C=O) groups excluding carboxylic acids is 2. The quantitative estimate of drug-likeness (QED) is 0.538. The van der Waals surface area contributed by atoms with Crippen LogP contribution in [0.25, 0.3) is 0 Å². The second-order valence-electron chi connectivity index (χ2n) is 8.77. The lowest BCUT2D eigenvalue weighted by molar-refractivity contribution is -0.172. The number of rotatable bonds is 6. The van der Waals surface area contributed by atoms with E-state index in [1.165, 1.54) is 26.2 Å². The Kier molecular flexibility index (Phi) is 4.41. The van der Waals surface area contributed by atoms with Crippen LogP contribution in [0.4, 0.5) is 0 Å². The second kappa shape index (κ2) is 6.44. The molecule has 0 aromatic heterocycles. The zero-order chi connectivity index (χ0) is 17.6. The van der Waals surface area contributed by atoms with Crippen molar-refractivity contribution >= 4 is 11.9 Å². The SMILES string of the molecule is CCC1(OC(=O)CC(OC(C)=O)C2CC3C=CC2C3)CC2CCC1C2. The van der Waals surface area contributed by atoms with Gasteiger partial charge in [-0.15, -0.1) is 0 Å². The predicted molar refractivity (Wildman–Crippen MR) is 93.6 cm³/mol. The van der Waals surface area contributed by atoms with E-state index in [9.17, 15) is 9.59 Å². The highest BCUT2D eigenvalue weighted by Gasteiger charge is 2.53. The number of ether oxygens (including phenoxy) is 2. The third-order valence-corrected chi connectivity index (χ3v) is 7.33. The van der Waals surface area contributed by atoms with Crippen molar-refractivity contribution in [1.82, 2.24) is 0 Å². The highest BCUT2D eigenvalue weighted by Crippen LogP contribution is 2.54. The van der Waals surface area contributed by atoms with Gasteiger partial charge in [0.15, 0.2) is 0 Å². The summed E-state index contributed by atoms with van der Waals surface area (Å²) >= 11 is 0. The first-order valence-corrected chi connectivity index (χ1v) is 10.1. The summed E-state index contributed by atoms with van der Waals surface area (Å²) in [6.45, 7) is 3.57. The molecule has 0 spiro atoms. The molecule has 4 heteroatoms. The predicted octanol–water partition coefficient (Wildman–Crippen LogP) is 4.03. The van der Waals surface area contributed by atoms with Crippen LogP contribution < -0.4 is 0 Å². The molecule has 138 valence electrons. The molecule has 0 heterocycles. The number of allylic oxidation sites excluding steroid dienone is 2. The average Bonchev–Trinajstić information content (AvgIpc) is 3.33. The van der Waals surface area contributed by atoms with Crippen molar-refractivity contribution in [3.05, 3.63) is 12.2 Å². The van der Waals surface area contributed by atoms with Crippen molar-refractivity contribution in [2.75, 3.05) is 0 Å². The monoisotopic (exact) mass is 346 g/mol. The summed E-state index contributed by atoms with van der Waals surface area (Å²) in [6.07, 6.45) is 12.2. The number of hydrogen-bond donors (Lipinski definition) is 0. The summed E-state index contributed by atoms with van der Waals surface area (Å²) < 4.78 is 11.7. The second-order valence-corrected chi connectivity index (χ2v) is 8.77. The Morgan fingerprint density at radius 1 is 1.20 bits per heavy atom. The number of fused-ring (bicyclic) bond motifs is 4. The standard InChI is InChI=1S/C21H30O4/c1-3-21(12-15-5-7-17(21)9-15)25-20(23)11-19(24-13(2)22)18-10-14-4-6-16(18)8-14/h4,6,14-19H,3,5,7-12H2,1-2H3. The number of esters is 2. The molecule has 4 nitrogen and oxygen atoms in total. The minimum absolute atomic E-state index is 0.174. The zero-order valence-corrected chi connectivity index (χ0v) is 15.4.